The lowest BCUT2D eigenvalue weighted by Crippen LogP contribution is -2.33. The molecule has 0 aliphatic carbocycles. The number of anilines is 1. The maximum absolute atomic E-state index is 12.5. The van der Waals surface area contributed by atoms with Crippen LogP contribution in [0.2, 0.25) is 0 Å². The highest BCUT2D eigenvalue weighted by molar-refractivity contribution is 6.00. The molecule has 0 radical (unpaired) electrons. The van der Waals surface area contributed by atoms with Crippen molar-refractivity contribution < 1.29 is 33.4 Å². The van der Waals surface area contributed by atoms with Gasteiger partial charge < -0.3 is 19.5 Å². The fourth-order valence-corrected chi connectivity index (χ4v) is 2.65. The average molecular weight is 413 g/mol. The second-order valence-electron chi connectivity index (χ2n) is 6.90. The Morgan fingerprint density at radius 2 is 1.40 bits per heavy atom. The number of hydrogen-bond acceptors (Lipinski definition) is 7. The van der Waals surface area contributed by atoms with Gasteiger partial charge in [-0.05, 0) is 37.6 Å². The standard InChI is InChI=1S/C22H23NO7/c1-22(2,16-8-6-5-7-9-16)21(27)30-13-18(24)23-17-11-14(19(25)28-3)10-15(12-17)20(26)29-4/h5-12H,13H2,1-4H3,(H,23,24). The number of rotatable bonds is 7. The molecule has 0 spiro atoms. The summed E-state index contributed by atoms with van der Waals surface area (Å²) in [5, 5.41) is 2.50. The summed E-state index contributed by atoms with van der Waals surface area (Å²) < 4.78 is 14.5. The van der Waals surface area contributed by atoms with Crippen LogP contribution in [-0.4, -0.2) is 44.6 Å². The van der Waals surface area contributed by atoms with Crippen LogP contribution in [0.25, 0.3) is 0 Å². The van der Waals surface area contributed by atoms with E-state index in [-0.39, 0.29) is 16.8 Å². The van der Waals surface area contributed by atoms with Gasteiger partial charge in [-0.2, -0.15) is 0 Å². The monoisotopic (exact) mass is 413 g/mol. The van der Waals surface area contributed by atoms with Gasteiger partial charge in [0, 0.05) is 5.69 Å². The highest BCUT2D eigenvalue weighted by Gasteiger charge is 2.31. The van der Waals surface area contributed by atoms with Crippen molar-refractivity contribution in [3.63, 3.8) is 0 Å². The molecule has 0 fully saturated rings. The van der Waals surface area contributed by atoms with Crippen molar-refractivity contribution in [2.75, 3.05) is 26.1 Å². The minimum atomic E-state index is -0.940. The molecular weight excluding hydrogens is 390 g/mol. The highest BCUT2D eigenvalue weighted by Crippen LogP contribution is 2.24. The topological polar surface area (TPSA) is 108 Å². The number of benzene rings is 2. The second-order valence-corrected chi connectivity index (χ2v) is 6.90. The summed E-state index contributed by atoms with van der Waals surface area (Å²) >= 11 is 0. The molecule has 2 aromatic rings. The van der Waals surface area contributed by atoms with Gasteiger partial charge in [-0.1, -0.05) is 30.3 Å². The van der Waals surface area contributed by atoms with E-state index >= 15 is 0 Å². The zero-order valence-electron chi connectivity index (χ0n) is 17.2. The molecule has 0 aliphatic rings. The van der Waals surface area contributed by atoms with Gasteiger partial charge in [-0.15, -0.1) is 0 Å². The quantitative estimate of drug-likeness (QED) is 0.549. The smallest absolute Gasteiger partial charge is 0.337 e. The zero-order chi connectivity index (χ0) is 22.3. The van der Waals surface area contributed by atoms with Crippen LogP contribution in [-0.2, 0) is 29.2 Å². The summed E-state index contributed by atoms with van der Waals surface area (Å²) in [7, 11) is 2.39. The third kappa shape index (κ3) is 5.44. The lowest BCUT2D eigenvalue weighted by Gasteiger charge is -2.22. The number of carbonyl (C=O) groups is 4. The van der Waals surface area contributed by atoms with E-state index in [0.29, 0.717) is 0 Å². The Bertz CT molecular complexity index is 917. The number of methoxy groups -OCH3 is 2. The van der Waals surface area contributed by atoms with E-state index in [9.17, 15) is 19.2 Å². The molecule has 8 nitrogen and oxygen atoms in total. The molecule has 8 heteroatoms. The summed E-state index contributed by atoms with van der Waals surface area (Å²) in [6.45, 7) is 2.86. The van der Waals surface area contributed by atoms with Gasteiger partial charge in [0.15, 0.2) is 6.61 Å². The Morgan fingerprint density at radius 1 is 0.867 bits per heavy atom. The first kappa shape index (κ1) is 22.6. The van der Waals surface area contributed by atoms with Crippen LogP contribution in [0.1, 0.15) is 40.1 Å². The molecule has 0 atom stereocenters. The van der Waals surface area contributed by atoms with E-state index in [4.69, 9.17) is 4.74 Å². The summed E-state index contributed by atoms with van der Waals surface area (Å²) in [4.78, 5) is 48.4. The molecule has 1 N–H and O–H groups in total. The molecule has 0 heterocycles. The maximum atomic E-state index is 12.5. The van der Waals surface area contributed by atoms with Crippen LogP contribution < -0.4 is 5.32 Å². The minimum Gasteiger partial charge on any atom is -0.465 e. The number of ether oxygens (including phenoxy) is 3. The van der Waals surface area contributed by atoms with Crippen LogP contribution in [0.5, 0.6) is 0 Å². The van der Waals surface area contributed by atoms with Gasteiger partial charge in [0.05, 0.1) is 30.8 Å². The van der Waals surface area contributed by atoms with Crippen LogP contribution in [0.15, 0.2) is 48.5 Å². The predicted octanol–water partition coefficient (Wildman–Crippen LogP) is 2.72. The summed E-state index contributed by atoms with van der Waals surface area (Å²) in [6.07, 6.45) is 0. The molecule has 0 aliphatic heterocycles. The largest absolute Gasteiger partial charge is 0.465 e. The second kappa shape index (κ2) is 9.69. The van der Waals surface area contributed by atoms with Crippen molar-refractivity contribution >= 4 is 29.5 Å². The van der Waals surface area contributed by atoms with E-state index in [0.717, 1.165) is 5.56 Å². The Morgan fingerprint density at radius 3 is 1.90 bits per heavy atom. The van der Waals surface area contributed by atoms with Crippen molar-refractivity contribution in [3.05, 3.63) is 65.2 Å². The predicted molar refractivity (Wildman–Crippen MR) is 108 cm³/mol. The third-order valence-corrected chi connectivity index (χ3v) is 4.40. The van der Waals surface area contributed by atoms with Crippen molar-refractivity contribution in [2.45, 2.75) is 19.3 Å². The Labute approximate surface area is 174 Å². The first-order chi connectivity index (χ1) is 14.2. The van der Waals surface area contributed by atoms with Gasteiger partial charge in [-0.25, -0.2) is 9.59 Å². The van der Waals surface area contributed by atoms with Crippen LogP contribution in [0, 0.1) is 0 Å². The molecule has 0 aromatic heterocycles. The molecular formula is C22H23NO7. The van der Waals surface area contributed by atoms with Crippen molar-refractivity contribution in [1.29, 1.82) is 0 Å². The molecule has 2 aromatic carbocycles. The SMILES string of the molecule is COC(=O)c1cc(NC(=O)COC(=O)C(C)(C)c2ccccc2)cc(C(=O)OC)c1. The van der Waals surface area contributed by atoms with Crippen LogP contribution >= 0.6 is 0 Å². The Kier molecular flexibility index (Phi) is 7.30. The van der Waals surface area contributed by atoms with Gasteiger partial charge in [0.2, 0.25) is 0 Å². The number of hydrogen-bond donors (Lipinski definition) is 1. The van der Waals surface area contributed by atoms with Crippen molar-refractivity contribution in [1.82, 2.24) is 0 Å². The first-order valence-corrected chi connectivity index (χ1v) is 9.03. The molecule has 0 saturated carbocycles. The minimum absolute atomic E-state index is 0.0536. The molecule has 158 valence electrons. The Hall–Kier alpha value is -3.68. The summed E-state index contributed by atoms with van der Waals surface area (Å²) in [5.74, 6) is -2.58. The normalized spacial score (nSPS) is 10.7. The fraction of sp³-hybridized carbons (Fsp3) is 0.273. The van der Waals surface area contributed by atoms with Gasteiger partial charge in [0.25, 0.3) is 5.91 Å². The van der Waals surface area contributed by atoms with Crippen molar-refractivity contribution in [2.24, 2.45) is 0 Å². The molecule has 0 saturated heterocycles. The number of amides is 1. The summed E-state index contributed by atoms with van der Waals surface area (Å²) in [6, 6.07) is 13.0. The van der Waals surface area contributed by atoms with Crippen molar-refractivity contribution in [3.8, 4) is 0 Å². The van der Waals surface area contributed by atoms with Crippen LogP contribution in [0.4, 0.5) is 5.69 Å². The number of carbonyl (C=O) groups excluding carboxylic acids is 4. The average Bonchev–Trinajstić information content (AvgIpc) is 2.76. The van der Waals surface area contributed by atoms with Gasteiger partial charge in [0.1, 0.15) is 0 Å². The zero-order valence-corrected chi connectivity index (χ0v) is 17.2. The highest BCUT2D eigenvalue weighted by atomic mass is 16.5. The Balaban J connectivity index is 2.09. The number of esters is 3. The van der Waals surface area contributed by atoms with E-state index in [1.165, 1.54) is 32.4 Å². The molecule has 0 unspecified atom stereocenters. The van der Waals surface area contributed by atoms with E-state index < -0.39 is 35.8 Å². The van der Waals surface area contributed by atoms with Gasteiger partial charge >= 0.3 is 17.9 Å². The molecule has 1 amide bonds. The van der Waals surface area contributed by atoms with Gasteiger partial charge in [-0.3, -0.25) is 9.59 Å². The number of nitrogens with one attached hydrogen (secondary N) is 1. The molecule has 0 bridgehead atoms. The lowest BCUT2D eigenvalue weighted by molar-refractivity contribution is -0.152. The lowest BCUT2D eigenvalue weighted by atomic mass is 9.85. The summed E-state index contributed by atoms with van der Waals surface area (Å²) in [5.41, 5.74) is 0.0751. The molecule has 30 heavy (non-hydrogen) atoms. The molecule has 2 rings (SSSR count). The third-order valence-electron chi connectivity index (χ3n) is 4.40. The van der Waals surface area contributed by atoms with Crippen LogP contribution in [0.3, 0.4) is 0 Å². The first-order valence-electron chi connectivity index (χ1n) is 9.03. The maximum Gasteiger partial charge on any atom is 0.337 e. The fourth-order valence-electron chi connectivity index (χ4n) is 2.65. The van der Waals surface area contributed by atoms with E-state index in [1.54, 1.807) is 26.0 Å². The van der Waals surface area contributed by atoms with E-state index in [1.807, 2.05) is 18.2 Å². The van der Waals surface area contributed by atoms with E-state index in [2.05, 4.69) is 14.8 Å².